The topological polar surface area (TPSA) is 101 Å². The van der Waals surface area contributed by atoms with Crippen molar-refractivity contribution in [3.8, 4) is 11.4 Å². The molecular weight excluding hydrogens is 338 g/mol. The van der Waals surface area contributed by atoms with Gasteiger partial charge in [0, 0.05) is 17.0 Å². The van der Waals surface area contributed by atoms with E-state index in [2.05, 4.69) is 25.5 Å². The third kappa shape index (κ3) is 2.90. The number of benzene rings is 1. The fourth-order valence-corrected chi connectivity index (χ4v) is 3.11. The zero-order chi connectivity index (χ0) is 17.2. The highest BCUT2D eigenvalue weighted by molar-refractivity contribution is 7.14. The number of hydrogen-bond donors (Lipinski definition) is 2. The fourth-order valence-electron chi connectivity index (χ4n) is 2.41. The van der Waals surface area contributed by atoms with Crippen molar-refractivity contribution in [3.63, 3.8) is 0 Å². The Morgan fingerprint density at radius 2 is 1.84 bits per heavy atom. The van der Waals surface area contributed by atoms with Crippen molar-refractivity contribution in [2.75, 3.05) is 5.32 Å². The molecule has 0 bridgehead atoms. The summed E-state index contributed by atoms with van der Waals surface area (Å²) in [5, 5.41) is 12.1. The summed E-state index contributed by atoms with van der Waals surface area (Å²) in [5.41, 5.74) is 1.22. The van der Waals surface area contributed by atoms with E-state index in [1.54, 1.807) is 30.5 Å². The summed E-state index contributed by atoms with van der Waals surface area (Å²) >= 11 is 1.29. The number of carbonyl (C=O) groups excluding carboxylic acids is 1. The maximum absolute atomic E-state index is 12.5. The molecule has 0 aliphatic carbocycles. The number of fused-ring (bicyclic) bond motifs is 1. The number of carbonyl (C=O) groups is 1. The average Bonchev–Trinajstić information content (AvgIpc) is 3.11. The van der Waals surface area contributed by atoms with Crippen LogP contribution in [0.5, 0.6) is 0 Å². The van der Waals surface area contributed by atoms with Gasteiger partial charge in [0.05, 0.1) is 11.1 Å². The molecule has 0 fully saturated rings. The molecule has 4 rings (SSSR count). The van der Waals surface area contributed by atoms with E-state index in [1.165, 1.54) is 11.3 Å². The number of nitrogens with one attached hydrogen (secondary N) is 2. The molecule has 0 atom stereocenters. The van der Waals surface area contributed by atoms with Crippen LogP contribution >= 0.6 is 11.3 Å². The zero-order valence-electron chi connectivity index (χ0n) is 12.8. The summed E-state index contributed by atoms with van der Waals surface area (Å²) in [6.45, 7) is 0. The maximum atomic E-state index is 12.5. The first kappa shape index (κ1) is 15.2. The summed E-state index contributed by atoms with van der Waals surface area (Å²) in [6.07, 6.45) is 1.68. The number of nitrogens with zero attached hydrogens (tertiary/aromatic N) is 3. The summed E-state index contributed by atoms with van der Waals surface area (Å²) in [7, 11) is 0. The number of thiazole rings is 1. The van der Waals surface area contributed by atoms with E-state index in [9.17, 15) is 9.59 Å². The molecule has 4 aromatic rings. The molecule has 0 saturated carbocycles. The molecule has 0 radical (unpaired) electrons. The van der Waals surface area contributed by atoms with Crippen molar-refractivity contribution in [1.29, 1.82) is 0 Å². The number of H-pyrrole nitrogens is 1. The zero-order valence-corrected chi connectivity index (χ0v) is 13.6. The van der Waals surface area contributed by atoms with Crippen LogP contribution in [0.1, 0.15) is 10.5 Å². The van der Waals surface area contributed by atoms with Crippen molar-refractivity contribution in [2.24, 2.45) is 0 Å². The normalized spacial score (nSPS) is 10.7. The van der Waals surface area contributed by atoms with Crippen molar-refractivity contribution in [2.45, 2.75) is 0 Å². The molecule has 25 heavy (non-hydrogen) atoms. The Morgan fingerprint density at radius 1 is 1.04 bits per heavy atom. The number of hydrogen-bond acceptors (Lipinski definition) is 6. The maximum Gasteiger partial charge on any atom is 0.278 e. The highest BCUT2D eigenvalue weighted by Gasteiger charge is 2.16. The minimum absolute atomic E-state index is 0.143. The number of aromatic nitrogens is 4. The molecule has 3 aromatic heterocycles. The molecule has 1 amide bonds. The van der Waals surface area contributed by atoms with Gasteiger partial charge in [0.15, 0.2) is 10.8 Å². The highest BCUT2D eigenvalue weighted by Crippen LogP contribution is 2.24. The van der Waals surface area contributed by atoms with Crippen LogP contribution in [0.2, 0.25) is 0 Å². The Hall–Kier alpha value is -3.39. The standard InChI is InChI=1S/C17H11N5O2S/c23-15-11-6-2-1-5-10(11)14(21-22-15)16(24)20-17-19-13(9-25-17)12-7-3-4-8-18-12/h1-9H,(H,22,23)(H,19,20,24). The third-order valence-corrected chi connectivity index (χ3v) is 4.32. The van der Waals surface area contributed by atoms with Crippen LogP contribution in [0.25, 0.3) is 22.2 Å². The summed E-state index contributed by atoms with van der Waals surface area (Å²) in [4.78, 5) is 32.9. The predicted molar refractivity (Wildman–Crippen MR) is 95.7 cm³/mol. The van der Waals surface area contributed by atoms with Gasteiger partial charge >= 0.3 is 0 Å². The van der Waals surface area contributed by atoms with Crippen molar-refractivity contribution in [3.05, 3.63) is 70.1 Å². The van der Waals surface area contributed by atoms with Gasteiger partial charge in [-0.15, -0.1) is 11.3 Å². The molecule has 0 aliphatic rings. The van der Waals surface area contributed by atoms with E-state index in [-0.39, 0.29) is 11.3 Å². The van der Waals surface area contributed by atoms with Crippen molar-refractivity contribution < 1.29 is 4.79 Å². The Morgan fingerprint density at radius 3 is 2.64 bits per heavy atom. The van der Waals surface area contributed by atoms with E-state index in [0.29, 0.717) is 21.6 Å². The Bertz CT molecular complexity index is 1120. The van der Waals surface area contributed by atoms with E-state index >= 15 is 0 Å². The Balaban J connectivity index is 1.64. The smallest absolute Gasteiger partial charge is 0.278 e. The summed E-state index contributed by atoms with van der Waals surface area (Å²) in [6, 6.07) is 12.4. The Kier molecular flexibility index (Phi) is 3.79. The predicted octanol–water partition coefficient (Wildman–Crippen LogP) is 2.69. The number of amides is 1. The van der Waals surface area contributed by atoms with Gasteiger partial charge in [0.2, 0.25) is 0 Å². The molecule has 0 spiro atoms. The van der Waals surface area contributed by atoms with Crippen molar-refractivity contribution in [1.82, 2.24) is 20.2 Å². The lowest BCUT2D eigenvalue weighted by atomic mass is 10.1. The van der Waals surface area contributed by atoms with E-state index in [0.717, 1.165) is 5.69 Å². The van der Waals surface area contributed by atoms with Gasteiger partial charge in [-0.25, -0.2) is 10.1 Å². The molecule has 0 unspecified atom stereocenters. The van der Waals surface area contributed by atoms with E-state index in [4.69, 9.17) is 0 Å². The number of anilines is 1. The molecular formula is C17H11N5O2S. The first-order chi connectivity index (χ1) is 12.2. The molecule has 2 N–H and O–H groups in total. The molecule has 8 heteroatoms. The molecule has 0 aliphatic heterocycles. The van der Waals surface area contributed by atoms with Crippen LogP contribution in [-0.2, 0) is 0 Å². The van der Waals surface area contributed by atoms with Crippen LogP contribution in [0.15, 0.2) is 58.8 Å². The lowest BCUT2D eigenvalue weighted by Crippen LogP contribution is -2.19. The lowest BCUT2D eigenvalue weighted by molar-refractivity contribution is 0.102. The third-order valence-electron chi connectivity index (χ3n) is 3.56. The quantitative estimate of drug-likeness (QED) is 0.592. The van der Waals surface area contributed by atoms with Crippen LogP contribution in [-0.4, -0.2) is 26.1 Å². The monoisotopic (exact) mass is 349 g/mol. The minimum Gasteiger partial charge on any atom is -0.296 e. The minimum atomic E-state index is -0.436. The molecule has 122 valence electrons. The molecule has 3 heterocycles. The SMILES string of the molecule is O=C(Nc1nc(-c2ccccn2)cs1)c1n[nH]c(=O)c2ccccc12. The highest BCUT2D eigenvalue weighted by atomic mass is 32.1. The van der Waals surface area contributed by atoms with E-state index in [1.807, 2.05) is 23.6 Å². The molecule has 0 saturated heterocycles. The second kappa shape index (κ2) is 6.25. The first-order valence-electron chi connectivity index (χ1n) is 7.38. The number of pyridine rings is 1. The Labute approximate surface area is 145 Å². The second-order valence-electron chi connectivity index (χ2n) is 5.15. The second-order valence-corrected chi connectivity index (χ2v) is 6.01. The van der Waals surface area contributed by atoms with Gasteiger partial charge in [0.1, 0.15) is 5.69 Å². The van der Waals surface area contributed by atoms with Crippen molar-refractivity contribution >= 4 is 33.1 Å². The van der Waals surface area contributed by atoms with Crippen LogP contribution in [0.4, 0.5) is 5.13 Å². The van der Waals surface area contributed by atoms with Gasteiger partial charge in [-0.2, -0.15) is 5.10 Å². The van der Waals surface area contributed by atoms with Crippen LogP contribution in [0, 0.1) is 0 Å². The van der Waals surface area contributed by atoms with Gasteiger partial charge in [-0.1, -0.05) is 24.3 Å². The number of aromatic amines is 1. The molecule has 1 aromatic carbocycles. The first-order valence-corrected chi connectivity index (χ1v) is 8.26. The van der Waals surface area contributed by atoms with E-state index < -0.39 is 5.91 Å². The summed E-state index contributed by atoms with van der Waals surface area (Å²) < 4.78 is 0. The van der Waals surface area contributed by atoms with Gasteiger partial charge in [-0.05, 0) is 18.2 Å². The fraction of sp³-hybridized carbons (Fsp3) is 0. The largest absolute Gasteiger partial charge is 0.296 e. The average molecular weight is 349 g/mol. The van der Waals surface area contributed by atoms with Gasteiger partial charge in [-0.3, -0.25) is 19.9 Å². The molecule has 7 nitrogen and oxygen atoms in total. The number of rotatable bonds is 3. The van der Waals surface area contributed by atoms with Gasteiger partial charge in [0.25, 0.3) is 11.5 Å². The lowest BCUT2D eigenvalue weighted by Gasteiger charge is -2.04. The van der Waals surface area contributed by atoms with Crippen LogP contribution in [0.3, 0.4) is 0 Å². The van der Waals surface area contributed by atoms with Crippen LogP contribution < -0.4 is 10.9 Å². The van der Waals surface area contributed by atoms with Gasteiger partial charge < -0.3 is 0 Å². The summed E-state index contributed by atoms with van der Waals surface area (Å²) in [5.74, 6) is -0.436.